The van der Waals surface area contributed by atoms with Gasteiger partial charge in [-0.15, -0.1) is 0 Å². The highest BCUT2D eigenvalue weighted by Crippen LogP contribution is 2.17. The maximum Gasteiger partial charge on any atom is 0.321 e. The second kappa shape index (κ2) is 8.15. The number of nitrogens with one attached hydrogen (secondary N) is 1. The molecule has 0 atom stereocenters. The molecule has 2 amide bonds. The van der Waals surface area contributed by atoms with Gasteiger partial charge in [0.05, 0.1) is 7.11 Å². The molecule has 0 radical (unpaired) electrons. The fourth-order valence-electron chi connectivity index (χ4n) is 2.32. The van der Waals surface area contributed by atoms with Crippen molar-refractivity contribution in [1.82, 2.24) is 15.0 Å². The van der Waals surface area contributed by atoms with Crippen molar-refractivity contribution in [2.45, 2.75) is 6.42 Å². The quantitative estimate of drug-likeness (QED) is 0.735. The molecule has 0 aliphatic carbocycles. The van der Waals surface area contributed by atoms with Gasteiger partial charge in [-0.25, -0.2) is 4.79 Å². The van der Waals surface area contributed by atoms with E-state index in [0.717, 1.165) is 11.3 Å². The molecule has 0 bridgehead atoms. The molecule has 0 saturated heterocycles. The zero-order valence-corrected chi connectivity index (χ0v) is 14.7. The molecule has 0 fully saturated rings. The van der Waals surface area contributed by atoms with Crippen LogP contribution in [0.1, 0.15) is 5.82 Å². The number of rotatable bonds is 6. The van der Waals surface area contributed by atoms with Gasteiger partial charge in [0.1, 0.15) is 5.75 Å². The first-order valence-corrected chi connectivity index (χ1v) is 8.20. The van der Waals surface area contributed by atoms with Crippen LogP contribution in [-0.2, 0) is 6.42 Å². The number of amides is 2. The summed E-state index contributed by atoms with van der Waals surface area (Å²) >= 11 is 0. The molecule has 3 aromatic rings. The lowest BCUT2D eigenvalue weighted by Crippen LogP contribution is -2.33. The maximum absolute atomic E-state index is 12.2. The molecule has 26 heavy (non-hydrogen) atoms. The third kappa shape index (κ3) is 4.38. The largest absolute Gasteiger partial charge is 0.497 e. The van der Waals surface area contributed by atoms with Crippen molar-refractivity contribution in [2.75, 3.05) is 26.0 Å². The summed E-state index contributed by atoms with van der Waals surface area (Å²) < 4.78 is 10.4. The van der Waals surface area contributed by atoms with Gasteiger partial charge in [0.25, 0.3) is 5.89 Å². The molecule has 1 heterocycles. The molecular formula is C19H20N4O3. The first kappa shape index (κ1) is 17.5. The summed E-state index contributed by atoms with van der Waals surface area (Å²) in [4.78, 5) is 18.2. The second-order valence-electron chi connectivity index (χ2n) is 5.71. The average Bonchev–Trinajstić information content (AvgIpc) is 3.16. The van der Waals surface area contributed by atoms with Crippen LogP contribution < -0.4 is 10.1 Å². The van der Waals surface area contributed by atoms with E-state index in [0.29, 0.717) is 30.4 Å². The Labute approximate surface area is 151 Å². The predicted octanol–water partition coefficient (Wildman–Crippen LogP) is 3.45. The van der Waals surface area contributed by atoms with E-state index in [-0.39, 0.29) is 6.03 Å². The SMILES string of the molecule is COc1ccc(NC(=O)N(C)CCc2noc(-c3ccccc3)n2)cc1. The van der Waals surface area contributed by atoms with Gasteiger partial charge >= 0.3 is 6.03 Å². The number of carbonyl (C=O) groups excluding carboxylic acids is 1. The molecule has 0 saturated carbocycles. The van der Waals surface area contributed by atoms with Gasteiger partial charge < -0.3 is 19.5 Å². The number of methoxy groups -OCH3 is 1. The van der Waals surface area contributed by atoms with E-state index in [4.69, 9.17) is 9.26 Å². The summed E-state index contributed by atoms with van der Waals surface area (Å²) in [6.45, 7) is 0.468. The van der Waals surface area contributed by atoms with Crippen LogP contribution in [0.3, 0.4) is 0 Å². The number of anilines is 1. The third-order valence-electron chi connectivity index (χ3n) is 3.85. The van der Waals surface area contributed by atoms with Crippen molar-refractivity contribution >= 4 is 11.7 Å². The Balaban J connectivity index is 1.52. The second-order valence-corrected chi connectivity index (χ2v) is 5.71. The predicted molar refractivity (Wildman–Crippen MR) is 98.1 cm³/mol. The molecule has 134 valence electrons. The van der Waals surface area contributed by atoms with Gasteiger partial charge in [-0.05, 0) is 36.4 Å². The Hall–Kier alpha value is -3.35. The van der Waals surface area contributed by atoms with Gasteiger partial charge in [-0.2, -0.15) is 4.98 Å². The van der Waals surface area contributed by atoms with E-state index in [9.17, 15) is 4.79 Å². The van der Waals surface area contributed by atoms with Crippen LogP contribution in [0.2, 0.25) is 0 Å². The molecule has 0 aliphatic rings. The smallest absolute Gasteiger partial charge is 0.321 e. The zero-order chi connectivity index (χ0) is 18.4. The van der Waals surface area contributed by atoms with Gasteiger partial charge in [-0.3, -0.25) is 0 Å². The summed E-state index contributed by atoms with van der Waals surface area (Å²) in [6, 6.07) is 16.5. The maximum atomic E-state index is 12.2. The molecule has 0 unspecified atom stereocenters. The van der Waals surface area contributed by atoms with Crippen LogP contribution in [-0.4, -0.2) is 41.8 Å². The number of ether oxygens (including phenoxy) is 1. The van der Waals surface area contributed by atoms with Gasteiger partial charge in [-0.1, -0.05) is 23.4 Å². The molecule has 2 aromatic carbocycles. The fourth-order valence-corrected chi connectivity index (χ4v) is 2.32. The zero-order valence-electron chi connectivity index (χ0n) is 14.7. The van der Waals surface area contributed by atoms with Crippen molar-refractivity contribution < 1.29 is 14.1 Å². The number of urea groups is 1. The van der Waals surface area contributed by atoms with Crippen LogP contribution in [0.15, 0.2) is 59.1 Å². The molecule has 3 rings (SSSR count). The first-order chi connectivity index (χ1) is 12.7. The summed E-state index contributed by atoms with van der Waals surface area (Å²) in [6.07, 6.45) is 0.503. The Morgan fingerprint density at radius 2 is 1.88 bits per heavy atom. The highest BCUT2D eigenvalue weighted by atomic mass is 16.5. The molecule has 0 spiro atoms. The number of hydrogen-bond acceptors (Lipinski definition) is 5. The minimum Gasteiger partial charge on any atom is -0.497 e. The molecule has 0 aliphatic heterocycles. The number of likely N-dealkylation sites (N-methyl/N-ethyl adjacent to an activating group) is 1. The fraction of sp³-hybridized carbons (Fsp3) is 0.211. The highest BCUT2D eigenvalue weighted by Gasteiger charge is 2.12. The summed E-state index contributed by atoms with van der Waals surface area (Å²) in [5.74, 6) is 1.78. The summed E-state index contributed by atoms with van der Waals surface area (Å²) in [5, 5.41) is 6.80. The van der Waals surface area contributed by atoms with Gasteiger partial charge in [0.2, 0.25) is 0 Å². The van der Waals surface area contributed by atoms with Gasteiger partial charge in [0, 0.05) is 31.3 Å². The first-order valence-electron chi connectivity index (χ1n) is 8.20. The summed E-state index contributed by atoms with van der Waals surface area (Å²) in [5.41, 5.74) is 1.57. The summed E-state index contributed by atoms with van der Waals surface area (Å²) in [7, 11) is 3.32. The average molecular weight is 352 g/mol. The van der Waals surface area contributed by atoms with Crippen LogP contribution >= 0.6 is 0 Å². The minimum absolute atomic E-state index is 0.207. The van der Waals surface area contributed by atoms with E-state index >= 15 is 0 Å². The van der Waals surface area contributed by atoms with E-state index in [1.165, 1.54) is 0 Å². The Kier molecular flexibility index (Phi) is 5.48. The normalized spacial score (nSPS) is 10.4. The number of hydrogen-bond donors (Lipinski definition) is 1. The molecular weight excluding hydrogens is 332 g/mol. The monoisotopic (exact) mass is 352 g/mol. The van der Waals surface area contributed by atoms with Gasteiger partial charge in [0.15, 0.2) is 5.82 Å². The lowest BCUT2D eigenvalue weighted by Gasteiger charge is -2.17. The third-order valence-corrected chi connectivity index (χ3v) is 3.85. The van der Waals surface area contributed by atoms with Crippen LogP contribution in [0.5, 0.6) is 5.75 Å². The Bertz CT molecular complexity index is 847. The Morgan fingerprint density at radius 1 is 1.15 bits per heavy atom. The minimum atomic E-state index is -0.207. The standard InChI is InChI=1S/C19H20N4O3/c1-23(19(24)20-15-8-10-16(25-2)11-9-15)13-12-17-21-18(26-22-17)14-6-4-3-5-7-14/h3-11H,12-13H2,1-2H3,(H,20,24). The lowest BCUT2D eigenvalue weighted by atomic mass is 10.2. The molecule has 1 aromatic heterocycles. The number of benzene rings is 2. The molecule has 7 heteroatoms. The lowest BCUT2D eigenvalue weighted by molar-refractivity contribution is 0.222. The van der Waals surface area contributed by atoms with E-state index in [2.05, 4.69) is 15.5 Å². The molecule has 1 N–H and O–H groups in total. The van der Waals surface area contributed by atoms with Crippen molar-refractivity contribution in [3.8, 4) is 17.2 Å². The number of aromatic nitrogens is 2. The highest BCUT2D eigenvalue weighted by molar-refractivity contribution is 5.89. The topological polar surface area (TPSA) is 80.5 Å². The van der Waals surface area contributed by atoms with E-state index < -0.39 is 0 Å². The molecule has 7 nitrogen and oxygen atoms in total. The van der Waals surface area contributed by atoms with Crippen molar-refractivity contribution in [2.24, 2.45) is 0 Å². The van der Waals surface area contributed by atoms with E-state index in [1.54, 1.807) is 43.3 Å². The number of carbonyl (C=O) groups is 1. The van der Waals surface area contributed by atoms with Crippen LogP contribution in [0, 0.1) is 0 Å². The van der Waals surface area contributed by atoms with Crippen molar-refractivity contribution in [3.63, 3.8) is 0 Å². The van der Waals surface area contributed by atoms with E-state index in [1.807, 2.05) is 30.3 Å². The van der Waals surface area contributed by atoms with Crippen LogP contribution in [0.25, 0.3) is 11.5 Å². The number of nitrogens with zero attached hydrogens (tertiary/aromatic N) is 3. The Morgan fingerprint density at radius 3 is 2.58 bits per heavy atom. The van der Waals surface area contributed by atoms with Crippen molar-refractivity contribution in [3.05, 3.63) is 60.4 Å². The van der Waals surface area contributed by atoms with Crippen molar-refractivity contribution in [1.29, 1.82) is 0 Å². The van der Waals surface area contributed by atoms with Crippen LogP contribution in [0.4, 0.5) is 10.5 Å².